The Kier molecular flexibility index (Phi) is 9.49. The van der Waals surface area contributed by atoms with Crippen molar-refractivity contribution in [3.63, 3.8) is 0 Å². The lowest BCUT2D eigenvalue weighted by atomic mass is 9.94. The first kappa shape index (κ1) is 14.0. The van der Waals surface area contributed by atoms with Gasteiger partial charge in [0.1, 0.15) is 0 Å². The largest absolute Gasteiger partial charge is 0.314 e. The maximum atomic E-state index is 3.59. The normalized spacial score (nSPS) is 13.5. The zero-order chi connectivity index (χ0) is 10.8. The van der Waals surface area contributed by atoms with Crippen LogP contribution in [-0.4, -0.2) is 12.6 Å². The Hall–Kier alpha value is -0.0400. The molecule has 0 aliphatic heterocycles. The first-order chi connectivity index (χ1) is 6.78. The molecule has 0 saturated carbocycles. The van der Waals surface area contributed by atoms with E-state index in [2.05, 4.69) is 33.0 Å². The van der Waals surface area contributed by atoms with Gasteiger partial charge in [0.2, 0.25) is 0 Å². The van der Waals surface area contributed by atoms with Crippen molar-refractivity contribution in [2.45, 2.75) is 72.3 Å². The average Bonchev–Trinajstić information content (AvgIpc) is 2.20. The molecule has 0 aliphatic rings. The third-order valence-electron chi connectivity index (χ3n) is 3.21. The van der Waals surface area contributed by atoms with Crippen molar-refractivity contribution in [3.8, 4) is 0 Å². The van der Waals surface area contributed by atoms with E-state index in [-0.39, 0.29) is 0 Å². The van der Waals surface area contributed by atoms with Gasteiger partial charge >= 0.3 is 0 Å². The summed E-state index contributed by atoms with van der Waals surface area (Å²) in [6, 6.07) is 0.769. The molecule has 1 atom stereocenters. The number of hydrogen-bond donors (Lipinski definition) is 1. The molecule has 86 valence electrons. The summed E-state index contributed by atoms with van der Waals surface area (Å²) in [6.07, 6.45) is 8.12. The molecule has 0 fully saturated rings. The van der Waals surface area contributed by atoms with Crippen LogP contribution in [0, 0.1) is 5.92 Å². The van der Waals surface area contributed by atoms with Crippen molar-refractivity contribution in [2.24, 2.45) is 5.92 Å². The fourth-order valence-electron chi connectivity index (χ4n) is 2.12. The summed E-state index contributed by atoms with van der Waals surface area (Å²) in [5.41, 5.74) is 0. The highest BCUT2D eigenvalue weighted by Gasteiger charge is 2.09. The van der Waals surface area contributed by atoms with E-state index in [4.69, 9.17) is 0 Å². The van der Waals surface area contributed by atoms with Gasteiger partial charge in [0.05, 0.1) is 0 Å². The topological polar surface area (TPSA) is 12.0 Å². The number of nitrogens with one attached hydrogen (secondary N) is 1. The SMILES string of the molecule is CCCC(CCC(CC)CC)NCC. The van der Waals surface area contributed by atoms with E-state index in [1.54, 1.807) is 0 Å². The van der Waals surface area contributed by atoms with Crippen LogP contribution in [0.25, 0.3) is 0 Å². The Morgan fingerprint density at radius 2 is 1.50 bits per heavy atom. The first-order valence-corrected chi connectivity index (χ1v) is 6.51. The minimum atomic E-state index is 0.769. The predicted octanol–water partition coefficient (Wildman–Crippen LogP) is 3.98. The summed E-state index contributed by atoms with van der Waals surface area (Å²) in [4.78, 5) is 0. The van der Waals surface area contributed by atoms with E-state index in [0.717, 1.165) is 18.5 Å². The molecule has 1 heteroatoms. The first-order valence-electron chi connectivity index (χ1n) is 6.51. The molecule has 0 rings (SSSR count). The molecular weight excluding hydrogens is 170 g/mol. The van der Waals surface area contributed by atoms with Crippen LogP contribution in [-0.2, 0) is 0 Å². The van der Waals surface area contributed by atoms with Gasteiger partial charge in [-0.3, -0.25) is 0 Å². The highest BCUT2D eigenvalue weighted by molar-refractivity contribution is 4.67. The minimum Gasteiger partial charge on any atom is -0.314 e. The molecule has 14 heavy (non-hydrogen) atoms. The van der Waals surface area contributed by atoms with Crippen LogP contribution in [0.15, 0.2) is 0 Å². The van der Waals surface area contributed by atoms with Crippen LogP contribution in [0.2, 0.25) is 0 Å². The fourth-order valence-corrected chi connectivity index (χ4v) is 2.12. The molecule has 1 nitrogen and oxygen atoms in total. The van der Waals surface area contributed by atoms with E-state index >= 15 is 0 Å². The molecule has 0 aromatic rings. The molecule has 0 aromatic heterocycles. The Morgan fingerprint density at radius 3 is 1.93 bits per heavy atom. The van der Waals surface area contributed by atoms with Crippen molar-refractivity contribution < 1.29 is 0 Å². The maximum Gasteiger partial charge on any atom is 0.00669 e. The third-order valence-corrected chi connectivity index (χ3v) is 3.21. The van der Waals surface area contributed by atoms with Gasteiger partial charge in [-0.15, -0.1) is 0 Å². The van der Waals surface area contributed by atoms with Gasteiger partial charge in [-0.1, -0.05) is 47.0 Å². The molecule has 1 N–H and O–H groups in total. The quantitative estimate of drug-likeness (QED) is 0.592. The third kappa shape index (κ3) is 6.42. The average molecular weight is 199 g/mol. The van der Waals surface area contributed by atoms with E-state index < -0.39 is 0 Å². The van der Waals surface area contributed by atoms with Gasteiger partial charge in [0.25, 0.3) is 0 Å². The summed E-state index contributed by atoms with van der Waals surface area (Å²) in [7, 11) is 0. The second kappa shape index (κ2) is 9.51. The van der Waals surface area contributed by atoms with E-state index in [1.807, 2.05) is 0 Å². The van der Waals surface area contributed by atoms with Gasteiger partial charge < -0.3 is 5.32 Å². The highest BCUT2D eigenvalue weighted by atomic mass is 14.9. The second-order valence-electron chi connectivity index (χ2n) is 4.30. The van der Waals surface area contributed by atoms with Gasteiger partial charge in [-0.2, -0.15) is 0 Å². The minimum absolute atomic E-state index is 0.769. The van der Waals surface area contributed by atoms with Gasteiger partial charge in [-0.05, 0) is 31.7 Å². The monoisotopic (exact) mass is 199 g/mol. The molecule has 1 unspecified atom stereocenters. The molecule has 0 bridgehead atoms. The Bertz CT molecular complexity index is 102. The van der Waals surface area contributed by atoms with E-state index in [0.29, 0.717) is 0 Å². The molecule has 0 amide bonds. The van der Waals surface area contributed by atoms with Crippen molar-refractivity contribution >= 4 is 0 Å². The zero-order valence-electron chi connectivity index (χ0n) is 10.6. The Morgan fingerprint density at radius 1 is 0.857 bits per heavy atom. The van der Waals surface area contributed by atoms with Crippen molar-refractivity contribution in [3.05, 3.63) is 0 Å². The summed E-state index contributed by atoms with van der Waals surface area (Å²) in [5.74, 6) is 0.952. The van der Waals surface area contributed by atoms with Crippen LogP contribution < -0.4 is 5.32 Å². The molecule has 0 aliphatic carbocycles. The van der Waals surface area contributed by atoms with Crippen LogP contribution in [0.5, 0.6) is 0 Å². The van der Waals surface area contributed by atoms with Gasteiger partial charge in [0, 0.05) is 6.04 Å². The summed E-state index contributed by atoms with van der Waals surface area (Å²) < 4.78 is 0. The summed E-state index contributed by atoms with van der Waals surface area (Å²) in [5, 5.41) is 3.59. The summed E-state index contributed by atoms with van der Waals surface area (Å²) >= 11 is 0. The molecule has 0 spiro atoms. The summed E-state index contributed by atoms with van der Waals surface area (Å²) in [6.45, 7) is 10.2. The number of hydrogen-bond acceptors (Lipinski definition) is 1. The predicted molar refractivity (Wildman–Crippen MR) is 65.7 cm³/mol. The van der Waals surface area contributed by atoms with Crippen LogP contribution in [0.4, 0.5) is 0 Å². The Balaban J connectivity index is 3.67. The van der Waals surface area contributed by atoms with E-state index in [9.17, 15) is 0 Å². The molecule has 0 radical (unpaired) electrons. The highest BCUT2D eigenvalue weighted by Crippen LogP contribution is 2.17. The van der Waals surface area contributed by atoms with Crippen molar-refractivity contribution in [2.75, 3.05) is 6.54 Å². The van der Waals surface area contributed by atoms with E-state index in [1.165, 1.54) is 38.5 Å². The smallest absolute Gasteiger partial charge is 0.00669 e. The maximum absolute atomic E-state index is 3.59. The van der Waals surface area contributed by atoms with Crippen molar-refractivity contribution in [1.82, 2.24) is 5.32 Å². The molecule has 0 heterocycles. The lowest BCUT2D eigenvalue weighted by Gasteiger charge is -2.20. The lowest BCUT2D eigenvalue weighted by molar-refractivity contribution is 0.375. The molecule has 0 saturated heterocycles. The van der Waals surface area contributed by atoms with Crippen molar-refractivity contribution in [1.29, 1.82) is 0 Å². The fraction of sp³-hybridized carbons (Fsp3) is 1.00. The molecule has 0 aromatic carbocycles. The lowest BCUT2D eigenvalue weighted by Crippen LogP contribution is -2.29. The van der Waals surface area contributed by atoms with Gasteiger partial charge in [-0.25, -0.2) is 0 Å². The second-order valence-corrected chi connectivity index (χ2v) is 4.30. The Labute approximate surface area is 90.7 Å². The van der Waals surface area contributed by atoms with Crippen LogP contribution >= 0.6 is 0 Å². The number of rotatable bonds is 9. The molecular formula is C13H29N. The standard InChI is InChI=1S/C13H29N/c1-5-9-13(14-8-4)11-10-12(6-2)7-3/h12-14H,5-11H2,1-4H3. The van der Waals surface area contributed by atoms with Crippen LogP contribution in [0.3, 0.4) is 0 Å². The van der Waals surface area contributed by atoms with Gasteiger partial charge in [0.15, 0.2) is 0 Å². The van der Waals surface area contributed by atoms with Crippen LogP contribution in [0.1, 0.15) is 66.2 Å². The zero-order valence-corrected chi connectivity index (χ0v) is 10.6.